The second kappa shape index (κ2) is 7.52. The van der Waals surface area contributed by atoms with Crippen LogP contribution >= 0.6 is 0 Å². The van der Waals surface area contributed by atoms with Crippen molar-refractivity contribution in [2.45, 2.75) is 53.1 Å². The van der Waals surface area contributed by atoms with Gasteiger partial charge in [0.25, 0.3) is 0 Å². The minimum Gasteiger partial charge on any atom is -0.334 e. The van der Waals surface area contributed by atoms with Crippen LogP contribution in [0.5, 0.6) is 0 Å². The third-order valence-electron chi connectivity index (χ3n) is 3.60. The molecule has 0 radical (unpaired) electrons. The topological polar surface area (TPSA) is 49.4 Å². The van der Waals surface area contributed by atoms with E-state index in [1.165, 1.54) is 0 Å². The van der Waals surface area contributed by atoms with Crippen LogP contribution in [-0.2, 0) is 9.59 Å². The monoisotopic (exact) mass is 256 g/mol. The minimum absolute atomic E-state index is 0.000694. The number of ketones is 1. The Morgan fingerprint density at radius 3 is 2.00 bits per heavy atom. The van der Waals surface area contributed by atoms with Gasteiger partial charge < -0.3 is 10.2 Å². The fourth-order valence-electron chi connectivity index (χ4n) is 2.43. The molecule has 1 N–H and O–H groups in total. The van der Waals surface area contributed by atoms with E-state index in [0.717, 1.165) is 6.42 Å². The summed E-state index contributed by atoms with van der Waals surface area (Å²) in [6.45, 7) is 9.59. The van der Waals surface area contributed by atoms with Crippen molar-refractivity contribution in [2.75, 3.05) is 14.1 Å². The Bertz CT molecular complexity index is 290. The number of Topliss-reactive ketones (excluding diaryl/α,β-unsaturated/α-hetero) is 1. The van der Waals surface area contributed by atoms with E-state index < -0.39 is 0 Å². The number of amides is 1. The summed E-state index contributed by atoms with van der Waals surface area (Å²) in [6, 6.07) is -0.557. The Morgan fingerprint density at radius 1 is 1.22 bits per heavy atom. The predicted octanol–water partition coefficient (Wildman–Crippen LogP) is 1.69. The number of rotatable bonds is 7. The van der Waals surface area contributed by atoms with Gasteiger partial charge in [-0.3, -0.25) is 9.59 Å². The quantitative estimate of drug-likeness (QED) is 0.754. The van der Waals surface area contributed by atoms with E-state index in [1.807, 2.05) is 20.8 Å². The van der Waals surface area contributed by atoms with Gasteiger partial charge >= 0.3 is 0 Å². The maximum Gasteiger partial charge on any atom is 0.240 e. The number of hydrogen-bond acceptors (Lipinski definition) is 3. The van der Waals surface area contributed by atoms with E-state index in [-0.39, 0.29) is 35.6 Å². The van der Waals surface area contributed by atoms with Gasteiger partial charge in [-0.05, 0) is 25.8 Å². The van der Waals surface area contributed by atoms with Gasteiger partial charge in [0.2, 0.25) is 5.91 Å². The van der Waals surface area contributed by atoms with Gasteiger partial charge in [-0.1, -0.05) is 34.1 Å². The zero-order valence-electron chi connectivity index (χ0n) is 12.8. The molecule has 0 rings (SSSR count). The molecule has 4 heteroatoms. The lowest BCUT2D eigenvalue weighted by atomic mass is 9.94. The van der Waals surface area contributed by atoms with E-state index in [1.54, 1.807) is 25.9 Å². The smallest absolute Gasteiger partial charge is 0.240 e. The second-order valence-electron chi connectivity index (χ2n) is 5.40. The number of carbonyl (C=O) groups excluding carboxylic acids is 2. The summed E-state index contributed by atoms with van der Waals surface area (Å²) >= 11 is 0. The number of nitrogens with one attached hydrogen (secondary N) is 1. The SMILES string of the molecule is CC[C@H](C)[C@H](NC)C(=O)N(C)[C@H](C(C)=O)C(C)C. The van der Waals surface area contributed by atoms with E-state index in [4.69, 9.17) is 0 Å². The first-order valence-corrected chi connectivity index (χ1v) is 6.72. The third-order valence-corrected chi connectivity index (χ3v) is 3.60. The Kier molecular flexibility index (Phi) is 7.14. The van der Waals surface area contributed by atoms with Gasteiger partial charge in [-0.15, -0.1) is 0 Å². The Balaban J connectivity index is 4.99. The van der Waals surface area contributed by atoms with Crippen molar-refractivity contribution >= 4 is 11.7 Å². The molecule has 0 unspecified atom stereocenters. The molecule has 0 aromatic carbocycles. The first kappa shape index (κ1) is 17.1. The molecule has 3 atom stereocenters. The van der Waals surface area contributed by atoms with E-state index in [9.17, 15) is 9.59 Å². The lowest BCUT2D eigenvalue weighted by Gasteiger charge is -2.33. The molecule has 0 spiro atoms. The van der Waals surface area contributed by atoms with Crippen molar-refractivity contribution in [1.29, 1.82) is 0 Å². The van der Waals surface area contributed by atoms with E-state index in [0.29, 0.717) is 0 Å². The fraction of sp³-hybridized carbons (Fsp3) is 0.857. The van der Waals surface area contributed by atoms with Gasteiger partial charge in [0.1, 0.15) is 0 Å². The van der Waals surface area contributed by atoms with Crippen molar-refractivity contribution in [2.24, 2.45) is 11.8 Å². The number of nitrogens with zero attached hydrogens (tertiary/aromatic N) is 1. The van der Waals surface area contributed by atoms with Crippen LogP contribution in [0.2, 0.25) is 0 Å². The van der Waals surface area contributed by atoms with Crippen LogP contribution in [0.25, 0.3) is 0 Å². The fourth-order valence-corrected chi connectivity index (χ4v) is 2.43. The molecule has 0 aliphatic carbocycles. The summed E-state index contributed by atoms with van der Waals surface area (Å²) in [5, 5.41) is 3.06. The Labute approximate surface area is 111 Å². The molecule has 18 heavy (non-hydrogen) atoms. The van der Waals surface area contributed by atoms with Crippen LogP contribution in [0.3, 0.4) is 0 Å². The second-order valence-corrected chi connectivity index (χ2v) is 5.40. The van der Waals surface area contributed by atoms with Crippen LogP contribution in [0, 0.1) is 11.8 Å². The summed E-state index contributed by atoms with van der Waals surface area (Å²) in [6.07, 6.45) is 0.928. The summed E-state index contributed by atoms with van der Waals surface area (Å²) in [7, 11) is 3.52. The highest BCUT2D eigenvalue weighted by Crippen LogP contribution is 2.15. The van der Waals surface area contributed by atoms with Crippen molar-refractivity contribution in [1.82, 2.24) is 10.2 Å². The number of likely N-dealkylation sites (N-methyl/N-ethyl adjacent to an activating group) is 2. The van der Waals surface area contributed by atoms with Crippen molar-refractivity contribution < 1.29 is 9.59 Å². The predicted molar refractivity (Wildman–Crippen MR) is 74.4 cm³/mol. The molecule has 0 heterocycles. The molecule has 0 saturated heterocycles. The van der Waals surface area contributed by atoms with Crippen LogP contribution in [-0.4, -0.2) is 42.8 Å². The molecule has 106 valence electrons. The first-order valence-electron chi connectivity index (χ1n) is 6.72. The number of carbonyl (C=O) groups is 2. The molecule has 0 bridgehead atoms. The third kappa shape index (κ3) is 4.09. The molecular formula is C14H28N2O2. The minimum atomic E-state index is -0.336. The molecule has 4 nitrogen and oxygen atoms in total. The molecule has 0 aliphatic heterocycles. The van der Waals surface area contributed by atoms with Crippen LogP contribution in [0.15, 0.2) is 0 Å². The van der Waals surface area contributed by atoms with Crippen molar-refractivity contribution in [3.63, 3.8) is 0 Å². The maximum atomic E-state index is 12.4. The molecule has 0 fully saturated rings. The van der Waals surface area contributed by atoms with Gasteiger partial charge in [-0.25, -0.2) is 0 Å². The van der Waals surface area contributed by atoms with Gasteiger partial charge in [0.05, 0.1) is 12.1 Å². The molecule has 0 aliphatic rings. The highest BCUT2D eigenvalue weighted by molar-refractivity contribution is 5.89. The van der Waals surface area contributed by atoms with Crippen molar-refractivity contribution in [3.8, 4) is 0 Å². The van der Waals surface area contributed by atoms with Gasteiger partial charge in [0, 0.05) is 7.05 Å². The zero-order valence-corrected chi connectivity index (χ0v) is 12.8. The van der Waals surface area contributed by atoms with Crippen molar-refractivity contribution in [3.05, 3.63) is 0 Å². The van der Waals surface area contributed by atoms with E-state index >= 15 is 0 Å². The average molecular weight is 256 g/mol. The Morgan fingerprint density at radius 2 is 1.72 bits per heavy atom. The van der Waals surface area contributed by atoms with Crippen LogP contribution in [0.4, 0.5) is 0 Å². The zero-order chi connectivity index (χ0) is 14.5. The van der Waals surface area contributed by atoms with Crippen LogP contribution in [0.1, 0.15) is 41.0 Å². The summed E-state index contributed by atoms with van der Waals surface area (Å²) < 4.78 is 0. The van der Waals surface area contributed by atoms with Gasteiger partial charge in [0.15, 0.2) is 5.78 Å². The maximum absolute atomic E-state index is 12.4. The van der Waals surface area contributed by atoms with Crippen LogP contribution < -0.4 is 5.32 Å². The largest absolute Gasteiger partial charge is 0.334 e. The lowest BCUT2D eigenvalue weighted by molar-refractivity contribution is -0.141. The standard InChI is InChI=1S/C14H28N2O2/c1-8-10(4)12(15-6)14(18)16(7)13(9(2)3)11(5)17/h9-10,12-13,15H,8H2,1-7H3/t10-,12-,13-/m0/s1. The summed E-state index contributed by atoms with van der Waals surface area (Å²) in [5.74, 6) is 0.427. The number of hydrogen-bond donors (Lipinski definition) is 1. The lowest BCUT2D eigenvalue weighted by Crippen LogP contribution is -2.53. The highest BCUT2D eigenvalue weighted by atomic mass is 16.2. The molecule has 0 aromatic heterocycles. The summed E-state index contributed by atoms with van der Waals surface area (Å²) in [5.41, 5.74) is 0. The first-order chi connectivity index (χ1) is 8.27. The molecule has 0 aromatic rings. The summed E-state index contributed by atoms with van der Waals surface area (Å²) in [4.78, 5) is 25.7. The average Bonchev–Trinajstić information content (AvgIpc) is 2.28. The highest BCUT2D eigenvalue weighted by Gasteiger charge is 2.32. The van der Waals surface area contributed by atoms with Gasteiger partial charge in [-0.2, -0.15) is 0 Å². The van der Waals surface area contributed by atoms with E-state index in [2.05, 4.69) is 12.2 Å². The molecule has 1 amide bonds. The Hall–Kier alpha value is -0.900. The molecule has 0 saturated carbocycles. The molecular weight excluding hydrogens is 228 g/mol. The normalized spacial score (nSPS) is 16.2.